The molecule has 2 aliphatic heterocycles. The van der Waals surface area contributed by atoms with Gasteiger partial charge < -0.3 is 15.1 Å². The van der Waals surface area contributed by atoms with Gasteiger partial charge in [-0.2, -0.15) is 5.26 Å². The van der Waals surface area contributed by atoms with E-state index >= 15 is 0 Å². The largest absolute Gasteiger partial charge is 0.386 e. The lowest BCUT2D eigenvalue weighted by molar-refractivity contribution is -0.104. The van der Waals surface area contributed by atoms with Crippen molar-refractivity contribution in [3.8, 4) is 6.07 Å². The monoisotopic (exact) mass is 392 g/mol. The number of aldehydes is 1. The average Bonchev–Trinajstić information content (AvgIpc) is 3.29. The number of carbonyl (C=O) groups is 1. The van der Waals surface area contributed by atoms with Crippen molar-refractivity contribution in [2.75, 3.05) is 48.3 Å². The number of benzene rings is 1. The molecule has 1 N–H and O–H groups in total. The summed E-state index contributed by atoms with van der Waals surface area (Å²) in [5, 5.41) is 11.7. The van der Waals surface area contributed by atoms with Crippen LogP contribution in [0.4, 0.5) is 17.1 Å². The van der Waals surface area contributed by atoms with Gasteiger partial charge in [-0.25, -0.2) is 0 Å². The molecule has 154 valence electrons. The summed E-state index contributed by atoms with van der Waals surface area (Å²) in [4.78, 5) is 15.1. The summed E-state index contributed by atoms with van der Waals surface area (Å²) in [7, 11) is 2.04. The molecule has 29 heavy (non-hydrogen) atoms. The molecule has 2 heterocycles. The van der Waals surface area contributed by atoms with Gasteiger partial charge in [-0.3, -0.25) is 4.79 Å². The fourth-order valence-corrected chi connectivity index (χ4v) is 4.19. The molecule has 5 nitrogen and oxygen atoms in total. The van der Waals surface area contributed by atoms with Crippen molar-refractivity contribution in [3.05, 3.63) is 41.5 Å². The molecule has 0 unspecified atom stereocenters. The Morgan fingerprint density at radius 1 is 0.966 bits per heavy atom. The summed E-state index contributed by atoms with van der Waals surface area (Å²) in [6.07, 6.45) is 12.7. The van der Waals surface area contributed by atoms with Gasteiger partial charge in [0.2, 0.25) is 0 Å². The van der Waals surface area contributed by atoms with Crippen LogP contribution in [0.25, 0.3) is 0 Å². The van der Waals surface area contributed by atoms with Gasteiger partial charge in [0.25, 0.3) is 0 Å². The van der Waals surface area contributed by atoms with Gasteiger partial charge in [-0.05, 0) is 68.4 Å². The Hall–Kier alpha value is -2.74. The highest BCUT2D eigenvalue weighted by molar-refractivity contribution is 5.77. The Morgan fingerprint density at radius 2 is 1.62 bits per heavy atom. The van der Waals surface area contributed by atoms with Crippen LogP contribution in [0, 0.1) is 11.3 Å². The highest BCUT2D eigenvalue weighted by Crippen LogP contribution is 2.33. The molecule has 2 fully saturated rings. The maximum atomic E-state index is 10.1. The van der Waals surface area contributed by atoms with Crippen LogP contribution in [0.2, 0.25) is 0 Å². The fourth-order valence-electron chi connectivity index (χ4n) is 4.19. The van der Waals surface area contributed by atoms with Crippen molar-refractivity contribution in [1.29, 1.82) is 5.26 Å². The molecule has 3 aliphatic rings. The van der Waals surface area contributed by atoms with E-state index in [0.29, 0.717) is 17.6 Å². The zero-order valence-corrected chi connectivity index (χ0v) is 17.5. The molecule has 0 saturated carbocycles. The molecule has 1 aliphatic carbocycles. The molecule has 0 amide bonds. The first-order chi connectivity index (χ1) is 14.2. The van der Waals surface area contributed by atoms with Gasteiger partial charge in [0, 0.05) is 50.9 Å². The number of nitrogens with one attached hydrogen (secondary N) is 1. The van der Waals surface area contributed by atoms with E-state index in [2.05, 4.69) is 33.3 Å². The quantitative estimate of drug-likeness (QED) is 0.754. The minimum atomic E-state index is 0.514. The second-order valence-electron chi connectivity index (χ2n) is 7.89. The summed E-state index contributed by atoms with van der Waals surface area (Å²) < 4.78 is 0. The third-order valence-electron chi connectivity index (χ3n) is 5.86. The van der Waals surface area contributed by atoms with Gasteiger partial charge >= 0.3 is 0 Å². The van der Waals surface area contributed by atoms with Crippen LogP contribution in [0.1, 0.15) is 44.9 Å². The smallest absolute Gasteiger partial charge is 0.146 e. The summed E-state index contributed by atoms with van der Waals surface area (Å²) >= 11 is 0. The lowest BCUT2D eigenvalue weighted by atomic mass is 10.1. The Kier molecular flexibility index (Phi) is 7.75. The zero-order chi connectivity index (χ0) is 20.5. The van der Waals surface area contributed by atoms with Crippen molar-refractivity contribution in [2.45, 2.75) is 44.9 Å². The highest BCUT2D eigenvalue weighted by atomic mass is 16.1. The first-order valence-electron chi connectivity index (χ1n) is 10.8. The van der Waals surface area contributed by atoms with Gasteiger partial charge in [-0.15, -0.1) is 0 Å². The van der Waals surface area contributed by atoms with E-state index < -0.39 is 0 Å². The van der Waals surface area contributed by atoms with E-state index in [1.807, 2.05) is 13.1 Å². The van der Waals surface area contributed by atoms with Crippen LogP contribution in [0.15, 0.2) is 41.5 Å². The molecule has 2 saturated heterocycles. The number of rotatable bonds is 4. The minimum absolute atomic E-state index is 0.514. The topological polar surface area (TPSA) is 59.4 Å². The van der Waals surface area contributed by atoms with Gasteiger partial charge in [-0.1, -0.05) is 6.08 Å². The van der Waals surface area contributed by atoms with Crippen LogP contribution in [-0.2, 0) is 4.79 Å². The molecule has 0 radical (unpaired) electrons. The Balaban J connectivity index is 0.000000224. The van der Waals surface area contributed by atoms with Gasteiger partial charge in [0.05, 0.1) is 17.4 Å². The third kappa shape index (κ3) is 5.63. The van der Waals surface area contributed by atoms with Crippen molar-refractivity contribution in [3.63, 3.8) is 0 Å². The van der Waals surface area contributed by atoms with Crippen molar-refractivity contribution in [2.24, 2.45) is 0 Å². The average molecular weight is 393 g/mol. The summed E-state index contributed by atoms with van der Waals surface area (Å²) in [5.41, 5.74) is 5.40. The van der Waals surface area contributed by atoms with Crippen LogP contribution in [0.5, 0.6) is 0 Å². The first kappa shape index (κ1) is 21.0. The lowest BCUT2D eigenvalue weighted by Gasteiger charge is -2.33. The molecule has 1 aromatic carbocycles. The van der Waals surface area contributed by atoms with E-state index in [-0.39, 0.29) is 0 Å². The number of anilines is 3. The summed E-state index contributed by atoms with van der Waals surface area (Å²) in [6, 6.07) is 8.96. The van der Waals surface area contributed by atoms with E-state index in [9.17, 15) is 4.79 Å². The van der Waals surface area contributed by atoms with E-state index in [0.717, 1.165) is 6.29 Å². The van der Waals surface area contributed by atoms with Gasteiger partial charge in [0.15, 0.2) is 0 Å². The maximum absolute atomic E-state index is 10.1. The predicted octanol–water partition coefficient (Wildman–Crippen LogP) is 4.67. The minimum Gasteiger partial charge on any atom is -0.386 e. The van der Waals surface area contributed by atoms with Crippen LogP contribution in [0.3, 0.4) is 0 Å². The fraction of sp³-hybridized carbons (Fsp3) is 0.500. The molecular formula is C24H32N4O. The highest BCUT2D eigenvalue weighted by Gasteiger charge is 2.17. The van der Waals surface area contributed by atoms with Crippen LogP contribution < -0.4 is 15.1 Å². The number of piperidine rings is 2. The zero-order valence-electron chi connectivity index (χ0n) is 17.5. The number of nitrogens with zero attached hydrogens (tertiary/aromatic N) is 3. The lowest BCUT2D eigenvalue weighted by Crippen LogP contribution is -2.31. The molecule has 0 aromatic heterocycles. The third-order valence-corrected chi connectivity index (χ3v) is 5.86. The maximum Gasteiger partial charge on any atom is 0.146 e. The molecule has 5 heteroatoms. The van der Waals surface area contributed by atoms with Crippen LogP contribution >= 0.6 is 0 Å². The molecule has 1 aromatic rings. The normalized spacial score (nSPS) is 18.8. The summed E-state index contributed by atoms with van der Waals surface area (Å²) in [6.45, 7) is 4.84. The molecular weight excluding hydrogens is 360 g/mol. The second-order valence-corrected chi connectivity index (χ2v) is 7.89. The first-order valence-corrected chi connectivity index (χ1v) is 10.8. The van der Waals surface area contributed by atoms with Gasteiger partial charge in [0.1, 0.15) is 6.29 Å². The Labute approximate surface area is 174 Å². The van der Waals surface area contributed by atoms with Crippen LogP contribution in [-0.4, -0.2) is 39.5 Å². The SMILES string of the molecule is CNc1cc(N2CCCCC2)ccc1N1CCCCC1.N#CC1=CC=C(C=O)C1. The van der Waals surface area contributed by atoms with E-state index in [1.165, 1.54) is 81.8 Å². The molecule has 0 atom stereocenters. The number of hydrogen-bond donors (Lipinski definition) is 1. The molecule has 0 spiro atoms. The molecule has 4 rings (SSSR count). The summed E-state index contributed by atoms with van der Waals surface area (Å²) in [5.74, 6) is 0. The molecule has 0 bridgehead atoms. The number of carbonyl (C=O) groups excluding carboxylic acids is 1. The van der Waals surface area contributed by atoms with Crippen molar-refractivity contribution >= 4 is 23.3 Å². The number of nitriles is 1. The van der Waals surface area contributed by atoms with E-state index in [4.69, 9.17) is 5.26 Å². The Bertz CT molecular complexity index is 794. The van der Waals surface area contributed by atoms with Crippen molar-refractivity contribution < 1.29 is 4.79 Å². The second kappa shape index (κ2) is 10.7. The predicted molar refractivity (Wildman–Crippen MR) is 121 cm³/mol. The van der Waals surface area contributed by atoms with E-state index in [1.54, 1.807) is 12.2 Å². The Morgan fingerprint density at radius 3 is 2.14 bits per heavy atom. The standard InChI is InChI=1S/C17H27N3.C7H5NO/c1-18-16-14-15(19-10-4-2-5-11-19)8-9-17(16)20-12-6-3-7-13-20;8-4-6-1-2-7(3-6)5-9/h8-9,14,18H,2-7,10-13H2,1H3;1-2,5H,3H2. The van der Waals surface area contributed by atoms with Crippen molar-refractivity contribution in [1.82, 2.24) is 0 Å². The number of allylic oxidation sites excluding steroid dienone is 4. The number of hydrogen-bond acceptors (Lipinski definition) is 5.